The summed E-state index contributed by atoms with van der Waals surface area (Å²) in [5, 5.41) is 3.65. The fraction of sp³-hybridized carbons (Fsp3) is 0.259. The van der Waals surface area contributed by atoms with Crippen molar-refractivity contribution in [1.29, 1.82) is 0 Å². The predicted molar refractivity (Wildman–Crippen MR) is 148 cm³/mol. The molecule has 192 valence electrons. The summed E-state index contributed by atoms with van der Waals surface area (Å²) in [6.07, 6.45) is 5.19. The molecule has 0 bridgehead atoms. The molecule has 0 aliphatic heterocycles. The van der Waals surface area contributed by atoms with E-state index in [0.29, 0.717) is 21.8 Å². The molecule has 0 saturated heterocycles. The van der Waals surface area contributed by atoms with Gasteiger partial charge in [-0.05, 0) is 60.9 Å². The quantitative estimate of drug-likeness (QED) is 0.309. The number of fused-ring (bicyclic) bond motifs is 1. The average molecular weight is 556 g/mol. The topological polar surface area (TPSA) is 97.3 Å². The summed E-state index contributed by atoms with van der Waals surface area (Å²) in [6.45, 7) is 0.351. The first kappa shape index (κ1) is 25.5. The van der Waals surface area contributed by atoms with Crippen LogP contribution in [-0.2, 0) is 16.6 Å². The van der Waals surface area contributed by atoms with Gasteiger partial charge in [-0.25, -0.2) is 8.42 Å². The van der Waals surface area contributed by atoms with Crippen molar-refractivity contribution in [1.82, 2.24) is 9.88 Å². The van der Waals surface area contributed by atoms with Gasteiger partial charge in [-0.2, -0.15) is 0 Å². The van der Waals surface area contributed by atoms with Crippen molar-refractivity contribution < 1.29 is 13.2 Å². The first-order chi connectivity index (χ1) is 17.8. The Morgan fingerprint density at radius 1 is 1.00 bits per heavy atom. The molecule has 1 fully saturated rings. The Balaban J connectivity index is 1.39. The van der Waals surface area contributed by atoms with Gasteiger partial charge in [-0.15, -0.1) is 0 Å². The van der Waals surface area contributed by atoms with Crippen LogP contribution in [0.3, 0.4) is 0 Å². The minimum atomic E-state index is -4.01. The van der Waals surface area contributed by atoms with Gasteiger partial charge in [0.2, 0.25) is 0 Å². The number of rotatable bonds is 7. The van der Waals surface area contributed by atoms with Gasteiger partial charge in [0.1, 0.15) is 0 Å². The van der Waals surface area contributed by atoms with Crippen molar-refractivity contribution in [3.05, 3.63) is 92.5 Å². The molecular formula is C27H26ClN3O4S2. The summed E-state index contributed by atoms with van der Waals surface area (Å²) in [7, 11) is -4.01. The maximum atomic E-state index is 13.3. The Morgan fingerprint density at radius 2 is 1.73 bits per heavy atom. The number of amides is 1. The van der Waals surface area contributed by atoms with Crippen LogP contribution in [0.1, 0.15) is 48.0 Å². The van der Waals surface area contributed by atoms with E-state index < -0.39 is 10.0 Å². The van der Waals surface area contributed by atoms with Gasteiger partial charge in [-0.3, -0.25) is 18.9 Å². The number of anilines is 1. The summed E-state index contributed by atoms with van der Waals surface area (Å²) in [6, 6.07) is 18.5. The van der Waals surface area contributed by atoms with Crippen LogP contribution in [0.4, 0.5) is 5.69 Å². The maximum Gasteiger partial charge on any atom is 0.308 e. The monoisotopic (exact) mass is 555 g/mol. The third-order valence-corrected chi connectivity index (χ3v) is 9.12. The molecule has 1 saturated carbocycles. The standard InChI is InChI=1S/C27H26ClN3O4S2/c28-19-12-10-18(11-13-19)17-31-24-15-14-21(16-25(24)36-27(31)33)37(34,35)30-23-9-5-4-8-22(23)26(32)29-20-6-2-1-3-7-20/h4-5,8-16,20,30H,1-3,6-7,17H2,(H,29,32). The molecule has 0 atom stereocenters. The third-order valence-electron chi connectivity index (χ3n) is 6.56. The second kappa shape index (κ2) is 10.7. The molecule has 4 aromatic rings. The molecular weight excluding hydrogens is 530 g/mol. The van der Waals surface area contributed by atoms with E-state index in [0.717, 1.165) is 42.6 Å². The number of para-hydroxylation sites is 1. The van der Waals surface area contributed by atoms with Crippen molar-refractivity contribution in [2.75, 3.05) is 4.72 Å². The zero-order valence-electron chi connectivity index (χ0n) is 19.9. The molecule has 2 N–H and O–H groups in total. The molecule has 37 heavy (non-hydrogen) atoms. The Hall–Kier alpha value is -3.14. The van der Waals surface area contributed by atoms with Crippen LogP contribution in [0.2, 0.25) is 5.02 Å². The molecule has 1 aliphatic carbocycles. The number of hydrogen-bond donors (Lipinski definition) is 2. The summed E-state index contributed by atoms with van der Waals surface area (Å²) >= 11 is 6.95. The van der Waals surface area contributed by atoms with Gasteiger partial charge >= 0.3 is 4.87 Å². The SMILES string of the molecule is O=C(NC1CCCCC1)c1ccccc1NS(=O)(=O)c1ccc2c(c1)sc(=O)n2Cc1ccc(Cl)cc1. The van der Waals surface area contributed by atoms with Crippen LogP contribution in [0.25, 0.3) is 10.2 Å². The van der Waals surface area contributed by atoms with Crippen LogP contribution < -0.4 is 14.9 Å². The van der Waals surface area contributed by atoms with Crippen molar-refractivity contribution in [2.24, 2.45) is 0 Å². The lowest BCUT2D eigenvalue weighted by molar-refractivity contribution is 0.0928. The number of thiazole rings is 1. The van der Waals surface area contributed by atoms with Crippen molar-refractivity contribution in [3.63, 3.8) is 0 Å². The molecule has 5 rings (SSSR count). The van der Waals surface area contributed by atoms with Crippen molar-refractivity contribution >= 4 is 54.8 Å². The molecule has 0 spiro atoms. The van der Waals surface area contributed by atoms with Crippen LogP contribution >= 0.6 is 22.9 Å². The van der Waals surface area contributed by atoms with Crippen molar-refractivity contribution in [3.8, 4) is 0 Å². The largest absolute Gasteiger partial charge is 0.349 e. The van der Waals surface area contributed by atoms with Crippen LogP contribution in [0.5, 0.6) is 0 Å². The lowest BCUT2D eigenvalue weighted by atomic mass is 9.95. The second-order valence-electron chi connectivity index (χ2n) is 9.17. The lowest BCUT2D eigenvalue weighted by Gasteiger charge is -2.23. The van der Waals surface area contributed by atoms with E-state index in [4.69, 9.17) is 11.6 Å². The highest BCUT2D eigenvalue weighted by molar-refractivity contribution is 7.92. The maximum absolute atomic E-state index is 13.3. The van der Waals surface area contributed by atoms with E-state index in [2.05, 4.69) is 10.0 Å². The molecule has 1 aromatic heterocycles. The Kier molecular flexibility index (Phi) is 7.37. The summed E-state index contributed by atoms with van der Waals surface area (Å²) in [5.74, 6) is -0.293. The lowest BCUT2D eigenvalue weighted by Crippen LogP contribution is -2.36. The smallest absolute Gasteiger partial charge is 0.308 e. The number of carbonyl (C=O) groups is 1. The highest BCUT2D eigenvalue weighted by Gasteiger charge is 2.22. The summed E-state index contributed by atoms with van der Waals surface area (Å²) in [4.78, 5) is 25.5. The fourth-order valence-corrected chi connectivity index (χ4v) is 6.86. The molecule has 1 aliphatic rings. The average Bonchev–Trinajstić information content (AvgIpc) is 3.20. The minimum absolute atomic E-state index is 0.0161. The van der Waals surface area contributed by atoms with Gasteiger partial charge in [0.25, 0.3) is 15.9 Å². The predicted octanol–water partition coefficient (Wildman–Crippen LogP) is 5.63. The molecule has 3 aromatic carbocycles. The Bertz CT molecular complexity index is 1600. The molecule has 0 radical (unpaired) electrons. The Morgan fingerprint density at radius 3 is 2.49 bits per heavy atom. The minimum Gasteiger partial charge on any atom is -0.349 e. The van der Waals surface area contributed by atoms with Gasteiger partial charge in [0.15, 0.2) is 0 Å². The summed E-state index contributed by atoms with van der Waals surface area (Å²) < 4.78 is 31.3. The molecule has 7 nitrogen and oxygen atoms in total. The first-order valence-electron chi connectivity index (χ1n) is 12.1. The number of carbonyl (C=O) groups excluding carboxylic acids is 1. The number of aromatic nitrogens is 1. The number of sulfonamides is 1. The number of nitrogens with one attached hydrogen (secondary N) is 2. The van der Waals surface area contributed by atoms with E-state index in [1.54, 1.807) is 47.0 Å². The summed E-state index contributed by atoms with van der Waals surface area (Å²) in [5.41, 5.74) is 2.05. The molecule has 10 heteroatoms. The molecule has 1 heterocycles. The second-order valence-corrected chi connectivity index (χ2v) is 12.3. The zero-order valence-corrected chi connectivity index (χ0v) is 22.3. The first-order valence-corrected chi connectivity index (χ1v) is 14.8. The van der Waals surface area contributed by atoms with Gasteiger partial charge in [0, 0.05) is 11.1 Å². The number of halogens is 1. The van der Waals surface area contributed by atoms with Crippen LogP contribution in [-0.4, -0.2) is 24.9 Å². The van der Waals surface area contributed by atoms with Gasteiger partial charge < -0.3 is 5.32 Å². The number of nitrogens with zero attached hydrogens (tertiary/aromatic N) is 1. The normalized spacial score (nSPS) is 14.5. The Labute approximate surface area is 224 Å². The van der Waals surface area contributed by atoms with E-state index in [1.807, 2.05) is 12.1 Å². The van der Waals surface area contributed by atoms with Crippen LogP contribution in [0, 0.1) is 0 Å². The molecule has 0 unspecified atom stereocenters. The molecule has 1 amide bonds. The van der Waals surface area contributed by atoms with E-state index in [9.17, 15) is 18.0 Å². The van der Waals surface area contributed by atoms with Gasteiger partial charge in [0.05, 0.1) is 32.9 Å². The third kappa shape index (κ3) is 5.74. The van der Waals surface area contributed by atoms with Crippen molar-refractivity contribution in [2.45, 2.75) is 49.6 Å². The van der Waals surface area contributed by atoms with Crippen LogP contribution in [0.15, 0.2) is 76.4 Å². The number of benzene rings is 3. The van der Waals surface area contributed by atoms with E-state index >= 15 is 0 Å². The number of hydrogen-bond acceptors (Lipinski definition) is 5. The highest BCUT2D eigenvalue weighted by atomic mass is 35.5. The highest BCUT2D eigenvalue weighted by Crippen LogP contribution is 2.26. The zero-order chi connectivity index (χ0) is 26.0. The van der Waals surface area contributed by atoms with E-state index in [-0.39, 0.29) is 33.0 Å². The van der Waals surface area contributed by atoms with Gasteiger partial charge in [-0.1, -0.05) is 66.5 Å². The van der Waals surface area contributed by atoms with E-state index in [1.165, 1.54) is 18.6 Å². The fourth-order valence-electron chi connectivity index (χ4n) is 4.62.